The minimum absolute atomic E-state index is 0.151. The van der Waals surface area contributed by atoms with Crippen LogP contribution in [0.25, 0.3) is 11.0 Å². The number of methoxy groups -OCH3 is 1. The summed E-state index contributed by atoms with van der Waals surface area (Å²) in [6, 6.07) is 21.6. The molecule has 6 nitrogen and oxygen atoms in total. The molecule has 0 saturated carbocycles. The third kappa shape index (κ3) is 4.49. The van der Waals surface area contributed by atoms with Gasteiger partial charge in [-0.3, -0.25) is 9.78 Å². The van der Waals surface area contributed by atoms with Crippen molar-refractivity contribution in [1.29, 1.82) is 0 Å². The number of pyridine rings is 1. The number of para-hydroxylation sites is 2. The van der Waals surface area contributed by atoms with Crippen LogP contribution >= 0.6 is 0 Å². The molecule has 0 atom stereocenters. The molecule has 0 bridgehead atoms. The minimum Gasteiger partial charge on any atom is -0.497 e. The largest absolute Gasteiger partial charge is 0.497 e. The Morgan fingerprint density at radius 3 is 2.60 bits per heavy atom. The summed E-state index contributed by atoms with van der Waals surface area (Å²) in [6.45, 7) is 1.31. The average molecular weight is 400 g/mol. The molecule has 0 spiro atoms. The first-order chi connectivity index (χ1) is 14.7. The molecule has 6 heteroatoms. The number of nitrogens with one attached hydrogen (secondary N) is 1. The second kappa shape index (κ2) is 9.22. The first-order valence-electron chi connectivity index (χ1n) is 10.0. The van der Waals surface area contributed by atoms with E-state index < -0.39 is 0 Å². The van der Waals surface area contributed by atoms with Gasteiger partial charge in [-0.2, -0.15) is 0 Å². The quantitative estimate of drug-likeness (QED) is 0.456. The molecule has 2 aromatic carbocycles. The number of hydrogen-bond donors (Lipinski definition) is 1. The molecular weight excluding hydrogens is 376 g/mol. The highest BCUT2D eigenvalue weighted by Crippen LogP contribution is 2.20. The van der Waals surface area contributed by atoms with Crippen molar-refractivity contribution in [2.24, 2.45) is 0 Å². The van der Waals surface area contributed by atoms with Gasteiger partial charge in [0.05, 0.1) is 18.1 Å². The molecule has 4 rings (SSSR count). The van der Waals surface area contributed by atoms with Gasteiger partial charge in [0.2, 0.25) is 0 Å². The molecule has 0 unspecified atom stereocenters. The van der Waals surface area contributed by atoms with Crippen molar-refractivity contribution in [2.75, 3.05) is 13.7 Å². The smallest absolute Gasteiger partial charge is 0.269 e. The first-order valence-corrected chi connectivity index (χ1v) is 10.0. The van der Waals surface area contributed by atoms with E-state index in [2.05, 4.69) is 33.1 Å². The number of ether oxygens (including phenoxy) is 1. The van der Waals surface area contributed by atoms with Crippen molar-refractivity contribution in [1.82, 2.24) is 19.9 Å². The van der Waals surface area contributed by atoms with E-state index in [-0.39, 0.29) is 5.91 Å². The van der Waals surface area contributed by atoms with Crippen molar-refractivity contribution in [2.45, 2.75) is 19.4 Å². The maximum absolute atomic E-state index is 12.2. The van der Waals surface area contributed by atoms with Crippen molar-refractivity contribution in [3.8, 4) is 5.75 Å². The van der Waals surface area contributed by atoms with Gasteiger partial charge in [0, 0.05) is 25.7 Å². The Morgan fingerprint density at radius 1 is 1.03 bits per heavy atom. The maximum atomic E-state index is 12.2. The fourth-order valence-electron chi connectivity index (χ4n) is 3.44. The van der Waals surface area contributed by atoms with Crippen LogP contribution in [0, 0.1) is 0 Å². The SMILES string of the molecule is COc1ccc(Cn2c(CCCNC(=O)c3ccccn3)nc3ccccc32)cc1. The van der Waals surface area contributed by atoms with Crippen molar-refractivity contribution in [3.63, 3.8) is 0 Å². The summed E-state index contributed by atoms with van der Waals surface area (Å²) >= 11 is 0. The van der Waals surface area contributed by atoms with Gasteiger partial charge in [-0.05, 0) is 48.4 Å². The zero-order chi connectivity index (χ0) is 20.8. The fraction of sp³-hybridized carbons (Fsp3) is 0.208. The highest BCUT2D eigenvalue weighted by atomic mass is 16.5. The topological polar surface area (TPSA) is 69.0 Å². The zero-order valence-corrected chi connectivity index (χ0v) is 16.9. The molecule has 0 aliphatic carbocycles. The van der Waals surface area contributed by atoms with Crippen molar-refractivity contribution >= 4 is 16.9 Å². The Bertz CT molecular complexity index is 1120. The van der Waals surface area contributed by atoms with Gasteiger partial charge < -0.3 is 14.6 Å². The summed E-state index contributed by atoms with van der Waals surface area (Å²) in [5.74, 6) is 1.71. The van der Waals surface area contributed by atoms with Gasteiger partial charge >= 0.3 is 0 Å². The van der Waals surface area contributed by atoms with E-state index >= 15 is 0 Å². The van der Waals surface area contributed by atoms with Gasteiger partial charge in [0.15, 0.2) is 0 Å². The number of rotatable bonds is 8. The number of imidazole rings is 1. The van der Waals surface area contributed by atoms with Crippen LogP contribution in [0.5, 0.6) is 5.75 Å². The summed E-state index contributed by atoms with van der Waals surface area (Å²) < 4.78 is 7.50. The molecule has 2 aromatic heterocycles. The molecule has 0 aliphatic heterocycles. The predicted molar refractivity (Wildman–Crippen MR) is 117 cm³/mol. The summed E-state index contributed by atoms with van der Waals surface area (Å²) in [5, 5.41) is 2.93. The van der Waals surface area contributed by atoms with Crippen LogP contribution in [0.3, 0.4) is 0 Å². The van der Waals surface area contributed by atoms with Crippen molar-refractivity contribution < 1.29 is 9.53 Å². The van der Waals surface area contributed by atoms with Gasteiger partial charge in [-0.1, -0.05) is 30.3 Å². The molecule has 152 valence electrons. The van der Waals surface area contributed by atoms with E-state index in [0.717, 1.165) is 42.0 Å². The lowest BCUT2D eigenvalue weighted by atomic mass is 10.2. The van der Waals surface area contributed by atoms with Crippen LogP contribution in [0.15, 0.2) is 72.9 Å². The number of aromatic nitrogens is 3. The lowest BCUT2D eigenvalue weighted by Crippen LogP contribution is -2.25. The van der Waals surface area contributed by atoms with Gasteiger partial charge in [-0.15, -0.1) is 0 Å². The predicted octanol–water partition coefficient (Wildman–Crippen LogP) is 3.85. The van der Waals surface area contributed by atoms with Crippen LogP contribution < -0.4 is 10.1 Å². The monoisotopic (exact) mass is 400 g/mol. The number of carbonyl (C=O) groups excluding carboxylic acids is 1. The first kappa shape index (κ1) is 19.6. The van der Waals surface area contributed by atoms with Crippen LogP contribution in [-0.4, -0.2) is 34.1 Å². The van der Waals surface area contributed by atoms with Gasteiger partial charge in [0.1, 0.15) is 17.3 Å². The van der Waals surface area contributed by atoms with E-state index in [0.29, 0.717) is 12.2 Å². The number of fused-ring (bicyclic) bond motifs is 1. The van der Waals surface area contributed by atoms with Gasteiger partial charge in [0.25, 0.3) is 5.91 Å². The Labute approximate surface area is 175 Å². The number of hydrogen-bond acceptors (Lipinski definition) is 4. The van der Waals surface area contributed by atoms with E-state index in [1.54, 1.807) is 25.4 Å². The highest BCUT2D eigenvalue weighted by molar-refractivity contribution is 5.92. The van der Waals surface area contributed by atoms with E-state index in [1.807, 2.05) is 36.4 Å². The molecular formula is C24H24N4O2. The zero-order valence-electron chi connectivity index (χ0n) is 16.9. The van der Waals surface area contributed by atoms with E-state index in [4.69, 9.17) is 9.72 Å². The number of aryl methyl sites for hydroxylation is 1. The lowest BCUT2D eigenvalue weighted by Gasteiger charge is -2.11. The van der Waals surface area contributed by atoms with E-state index in [9.17, 15) is 4.79 Å². The molecule has 1 amide bonds. The Morgan fingerprint density at radius 2 is 1.83 bits per heavy atom. The molecule has 0 fully saturated rings. The molecule has 0 aliphatic rings. The summed E-state index contributed by atoms with van der Waals surface area (Å²) in [7, 11) is 1.67. The molecule has 0 saturated heterocycles. The normalized spacial score (nSPS) is 10.8. The third-order valence-electron chi connectivity index (χ3n) is 4.99. The third-order valence-corrected chi connectivity index (χ3v) is 4.99. The van der Waals surface area contributed by atoms with Crippen LogP contribution in [0.2, 0.25) is 0 Å². The van der Waals surface area contributed by atoms with Crippen molar-refractivity contribution in [3.05, 3.63) is 90.0 Å². The van der Waals surface area contributed by atoms with Crippen LogP contribution in [0.1, 0.15) is 28.3 Å². The number of benzene rings is 2. The number of nitrogens with zero attached hydrogens (tertiary/aromatic N) is 3. The summed E-state index contributed by atoms with van der Waals surface area (Å²) in [6.07, 6.45) is 3.19. The van der Waals surface area contributed by atoms with Crippen LogP contribution in [-0.2, 0) is 13.0 Å². The van der Waals surface area contributed by atoms with Crippen LogP contribution in [0.4, 0.5) is 0 Å². The highest BCUT2D eigenvalue weighted by Gasteiger charge is 2.12. The molecule has 2 heterocycles. The number of carbonyl (C=O) groups is 1. The number of amides is 1. The fourth-order valence-corrected chi connectivity index (χ4v) is 3.44. The summed E-state index contributed by atoms with van der Waals surface area (Å²) in [5.41, 5.74) is 3.72. The minimum atomic E-state index is -0.151. The second-order valence-electron chi connectivity index (χ2n) is 7.03. The summed E-state index contributed by atoms with van der Waals surface area (Å²) in [4.78, 5) is 21.1. The molecule has 30 heavy (non-hydrogen) atoms. The average Bonchev–Trinajstić information content (AvgIpc) is 3.15. The van der Waals surface area contributed by atoms with Gasteiger partial charge in [-0.25, -0.2) is 4.98 Å². The second-order valence-corrected chi connectivity index (χ2v) is 7.03. The lowest BCUT2D eigenvalue weighted by molar-refractivity contribution is 0.0948. The maximum Gasteiger partial charge on any atom is 0.269 e. The Hall–Kier alpha value is -3.67. The van der Waals surface area contributed by atoms with E-state index in [1.165, 1.54) is 5.56 Å². The Balaban J connectivity index is 1.45. The molecule has 1 N–H and O–H groups in total. The standard InChI is InChI=1S/C24H24N4O2/c1-30-19-13-11-18(12-14-19)17-28-22-9-3-2-7-20(22)27-23(28)10-6-16-26-24(29)21-8-4-5-15-25-21/h2-5,7-9,11-15H,6,10,16-17H2,1H3,(H,26,29). The molecule has 0 radical (unpaired) electrons. The molecule has 4 aromatic rings. The Kier molecular flexibility index (Phi) is 6.03.